The van der Waals surface area contributed by atoms with Gasteiger partial charge in [0.2, 0.25) is 0 Å². The van der Waals surface area contributed by atoms with Crippen LogP contribution in [0.25, 0.3) is 0 Å². The first-order valence-electron chi connectivity index (χ1n) is 12.8. The molecule has 0 amide bonds. The molecule has 41 heavy (non-hydrogen) atoms. The summed E-state index contributed by atoms with van der Waals surface area (Å²) in [6.07, 6.45) is -1.60. The van der Waals surface area contributed by atoms with Gasteiger partial charge < -0.3 is 18.9 Å². The first kappa shape index (κ1) is 30.3. The summed E-state index contributed by atoms with van der Waals surface area (Å²) in [5.74, 6) is -0.698. The minimum Gasteiger partial charge on any atom is -0.455 e. The lowest BCUT2D eigenvalue weighted by molar-refractivity contribution is -0.171. The van der Waals surface area contributed by atoms with Gasteiger partial charge in [0.05, 0.1) is 26.1 Å². The smallest absolute Gasteiger partial charge is 0.330 e. The van der Waals surface area contributed by atoms with Crippen LogP contribution >= 0.6 is 0 Å². The number of hydrogen-bond donors (Lipinski definition) is 1. The summed E-state index contributed by atoms with van der Waals surface area (Å²) < 4.78 is 54.8. The van der Waals surface area contributed by atoms with Gasteiger partial charge in [-0.1, -0.05) is 60.7 Å². The van der Waals surface area contributed by atoms with Crippen molar-refractivity contribution in [1.82, 2.24) is 9.55 Å². The van der Waals surface area contributed by atoms with Gasteiger partial charge >= 0.3 is 11.7 Å². The van der Waals surface area contributed by atoms with Gasteiger partial charge in [-0.2, -0.15) is 8.42 Å². The van der Waals surface area contributed by atoms with Crippen LogP contribution in [0.5, 0.6) is 0 Å². The molecule has 220 valence electrons. The molecule has 0 bridgehead atoms. The predicted octanol–water partition coefficient (Wildman–Crippen LogP) is 1.82. The van der Waals surface area contributed by atoms with Gasteiger partial charge in [-0.25, -0.2) is 4.79 Å². The topological polar surface area (TPSA) is 152 Å². The average Bonchev–Trinajstić information content (AvgIpc) is 3.21. The summed E-state index contributed by atoms with van der Waals surface area (Å²) in [5.41, 5.74) is -1.29. The quantitative estimate of drug-likeness (QED) is 0.245. The fraction of sp³-hybridized carbons (Fsp3) is 0.393. The molecule has 1 aromatic heterocycles. The number of carbonyl (C=O) groups is 1. The summed E-state index contributed by atoms with van der Waals surface area (Å²) in [7, 11) is -3.98. The van der Waals surface area contributed by atoms with Crippen LogP contribution < -0.4 is 11.2 Å². The number of aryl methyl sites for hydroxylation is 1. The van der Waals surface area contributed by atoms with Crippen molar-refractivity contribution >= 4 is 16.1 Å². The molecule has 4 atom stereocenters. The van der Waals surface area contributed by atoms with Crippen LogP contribution in [0.3, 0.4) is 0 Å². The molecule has 1 aliphatic rings. The molecule has 1 aliphatic heterocycles. The number of esters is 1. The molecule has 1 saturated heterocycles. The van der Waals surface area contributed by atoms with Crippen LogP contribution in [0.2, 0.25) is 0 Å². The highest BCUT2D eigenvalue weighted by Crippen LogP contribution is 2.42. The summed E-state index contributed by atoms with van der Waals surface area (Å²) in [6, 6.07) is 18.4. The molecule has 0 saturated carbocycles. The summed E-state index contributed by atoms with van der Waals surface area (Å²) in [4.78, 5) is 39.5. The van der Waals surface area contributed by atoms with Gasteiger partial charge in [0.15, 0.2) is 12.3 Å². The third-order valence-corrected chi connectivity index (χ3v) is 6.97. The molecule has 12 nitrogen and oxygen atoms in total. The van der Waals surface area contributed by atoms with Gasteiger partial charge in [0, 0.05) is 18.7 Å². The Kier molecular flexibility index (Phi) is 9.56. The van der Waals surface area contributed by atoms with Crippen LogP contribution in [-0.4, -0.2) is 61.2 Å². The maximum atomic E-state index is 12.9. The van der Waals surface area contributed by atoms with Gasteiger partial charge in [0.25, 0.3) is 15.7 Å². The maximum Gasteiger partial charge on any atom is 0.330 e. The normalized spacial score (nSPS) is 22.5. The van der Waals surface area contributed by atoms with Gasteiger partial charge in [-0.05, 0) is 18.1 Å². The standard InChI is InChI=1S/C28H32N2O10S/c1-19-14-30(27(33)29-25(19)32)26-23(39-20(2)31)24(37-16-22-12-8-5-9-13-22)28(40-26,18-38-41(3,34)35)17-36-15-21-10-6-4-7-11-21/h4-14,23-24,26H,15-18H2,1-3H3,(H,29,32,33)/t23-,24+,26+,28?/m0/s1. The lowest BCUT2D eigenvalue weighted by Crippen LogP contribution is -2.53. The number of H-pyrrole nitrogens is 1. The van der Waals surface area contributed by atoms with Gasteiger partial charge in [0.1, 0.15) is 18.3 Å². The number of ether oxygens (including phenoxy) is 4. The highest BCUT2D eigenvalue weighted by Gasteiger charge is 2.59. The van der Waals surface area contributed by atoms with E-state index in [0.717, 1.165) is 21.9 Å². The molecule has 1 N–H and O–H groups in total. The van der Waals surface area contributed by atoms with Gasteiger partial charge in [-0.15, -0.1) is 0 Å². The maximum absolute atomic E-state index is 12.9. The first-order chi connectivity index (χ1) is 19.5. The van der Waals surface area contributed by atoms with Crippen LogP contribution in [0.4, 0.5) is 0 Å². The summed E-state index contributed by atoms with van der Waals surface area (Å²) in [5, 5.41) is 0. The van der Waals surface area contributed by atoms with Crippen LogP contribution in [0.15, 0.2) is 76.4 Å². The molecular formula is C28H32N2O10S. The molecule has 13 heteroatoms. The molecular weight excluding hydrogens is 556 g/mol. The van der Waals surface area contributed by atoms with E-state index in [9.17, 15) is 22.8 Å². The van der Waals surface area contributed by atoms with Crippen LogP contribution in [-0.2, 0) is 51.3 Å². The Morgan fingerprint density at radius 1 is 1.00 bits per heavy atom. The zero-order chi connectivity index (χ0) is 29.6. The molecule has 2 aromatic carbocycles. The Balaban J connectivity index is 1.79. The Morgan fingerprint density at radius 3 is 2.20 bits per heavy atom. The van der Waals surface area contributed by atoms with E-state index in [1.165, 1.54) is 20.0 Å². The minimum atomic E-state index is -3.98. The van der Waals surface area contributed by atoms with Crippen molar-refractivity contribution in [2.45, 2.75) is 51.1 Å². The van der Waals surface area contributed by atoms with E-state index >= 15 is 0 Å². The lowest BCUT2D eigenvalue weighted by Gasteiger charge is -2.34. The number of carbonyl (C=O) groups excluding carboxylic acids is 1. The number of hydrogen-bond acceptors (Lipinski definition) is 10. The molecule has 1 unspecified atom stereocenters. The van der Waals surface area contributed by atoms with Crippen molar-refractivity contribution in [3.05, 3.63) is 104 Å². The second kappa shape index (κ2) is 12.9. The SMILES string of the molecule is CC(=O)O[C@@H]1[C@H](n2cc(C)c(=O)[nH]c2=O)OC(COCc2ccccc2)(COS(C)(=O)=O)[C@@H]1OCc1ccccc1. The highest BCUT2D eigenvalue weighted by atomic mass is 32.2. The fourth-order valence-corrected chi connectivity index (χ4v) is 4.94. The second-order valence-electron chi connectivity index (χ2n) is 9.79. The monoisotopic (exact) mass is 588 g/mol. The van der Waals surface area contributed by atoms with E-state index < -0.39 is 58.0 Å². The first-order valence-corrected chi connectivity index (χ1v) is 14.6. The number of benzene rings is 2. The fourth-order valence-electron chi connectivity index (χ4n) is 4.53. The number of aromatic nitrogens is 2. The Morgan fingerprint density at radius 2 is 1.61 bits per heavy atom. The summed E-state index contributed by atoms with van der Waals surface area (Å²) in [6.45, 7) is 2.00. The zero-order valence-electron chi connectivity index (χ0n) is 22.8. The number of nitrogens with one attached hydrogen (secondary N) is 1. The predicted molar refractivity (Wildman–Crippen MR) is 146 cm³/mol. The van der Waals surface area contributed by atoms with E-state index in [4.69, 9.17) is 23.1 Å². The van der Waals surface area contributed by atoms with E-state index in [1.807, 2.05) is 60.7 Å². The molecule has 1 fully saturated rings. The second-order valence-corrected chi connectivity index (χ2v) is 11.4. The highest BCUT2D eigenvalue weighted by molar-refractivity contribution is 7.85. The molecule has 3 aromatic rings. The van der Waals surface area contributed by atoms with E-state index in [1.54, 1.807) is 0 Å². The number of nitrogens with zero attached hydrogens (tertiary/aromatic N) is 1. The molecule has 0 aliphatic carbocycles. The largest absolute Gasteiger partial charge is 0.455 e. The molecule has 0 spiro atoms. The molecule has 2 heterocycles. The van der Waals surface area contributed by atoms with Crippen LogP contribution in [0, 0.1) is 6.92 Å². The third kappa shape index (κ3) is 7.77. The van der Waals surface area contributed by atoms with E-state index in [0.29, 0.717) is 0 Å². The number of rotatable bonds is 12. The number of aromatic amines is 1. The van der Waals surface area contributed by atoms with Crippen molar-refractivity contribution in [2.75, 3.05) is 19.5 Å². The van der Waals surface area contributed by atoms with Crippen molar-refractivity contribution in [3.63, 3.8) is 0 Å². The van der Waals surface area contributed by atoms with Crippen molar-refractivity contribution in [3.8, 4) is 0 Å². The van der Waals surface area contributed by atoms with Gasteiger partial charge in [-0.3, -0.25) is 23.3 Å². The Bertz CT molecular complexity index is 1560. The third-order valence-electron chi connectivity index (χ3n) is 6.42. The van der Waals surface area contributed by atoms with E-state index in [-0.39, 0.29) is 25.4 Å². The molecule has 0 radical (unpaired) electrons. The average molecular weight is 589 g/mol. The lowest BCUT2D eigenvalue weighted by atomic mass is 9.96. The molecule has 4 rings (SSSR count). The minimum absolute atomic E-state index is 0.0260. The van der Waals surface area contributed by atoms with E-state index in [2.05, 4.69) is 4.98 Å². The van der Waals surface area contributed by atoms with Crippen molar-refractivity contribution < 1.29 is 36.3 Å². The van der Waals surface area contributed by atoms with Crippen molar-refractivity contribution in [1.29, 1.82) is 0 Å². The Labute approximate surface area is 236 Å². The van der Waals surface area contributed by atoms with Crippen LogP contribution in [0.1, 0.15) is 29.8 Å². The summed E-state index contributed by atoms with van der Waals surface area (Å²) >= 11 is 0. The zero-order valence-corrected chi connectivity index (χ0v) is 23.7. The Hall–Kier alpha value is -3.62. The van der Waals surface area contributed by atoms with Crippen molar-refractivity contribution in [2.24, 2.45) is 0 Å².